The van der Waals surface area contributed by atoms with Gasteiger partial charge >= 0.3 is 5.97 Å². The fraction of sp³-hybridized carbons (Fsp3) is 0.364. The van der Waals surface area contributed by atoms with Gasteiger partial charge in [-0.1, -0.05) is 11.8 Å². The second-order valence-corrected chi connectivity index (χ2v) is 6.28. The van der Waals surface area contributed by atoms with Crippen LogP contribution >= 0.6 is 23.1 Å². The van der Waals surface area contributed by atoms with Crippen LogP contribution in [0.4, 0.5) is 5.95 Å². The number of aromatic carboxylic acids is 1. The number of nitrogens with two attached hydrogens (primary N) is 1. The van der Waals surface area contributed by atoms with Crippen molar-refractivity contribution in [2.75, 3.05) is 5.73 Å². The van der Waals surface area contributed by atoms with Crippen molar-refractivity contribution in [2.45, 2.75) is 30.8 Å². The highest BCUT2D eigenvalue weighted by Crippen LogP contribution is 2.28. The summed E-state index contributed by atoms with van der Waals surface area (Å²) < 4.78 is 1.86. The van der Waals surface area contributed by atoms with E-state index in [0.29, 0.717) is 16.6 Å². The molecule has 2 aromatic heterocycles. The minimum atomic E-state index is -0.893. The van der Waals surface area contributed by atoms with E-state index in [0.717, 1.165) is 10.0 Å². The first kappa shape index (κ1) is 13.9. The zero-order chi connectivity index (χ0) is 14.0. The Balaban J connectivity index is 2.08. The number of carboxylic acids is 1. The van der Waals surface area contributed by atoms with E-state index in [9.17, 15) is 4.79 Å². The van der Waals surface area contributed by atoms with Crippen molar-refractivity contribution in [2.24, 2.45) is 0 Å². The van der Waals surface area contributed by atoms with Gasteiger partial charge in [0.05, 0.1) is 0 Å². The lowest BCUT2D eigenvalue weighted by molar-refractivity contribution is 0.0702. The SMILES string of the molecule is CC(C)n1c(N)nnc1SCc1ccc(C(=O)O)s1. The normalized spacial score (nSPS) is 11.1. The molecule has 8 heteroatoms. The molecule has 0 spiro atoms. The van der Waals surface area contributed by atoms with Gasteiger partial charge in [-0.2, -0.15) is 0 Å². The molecule has 0 fully saturated rings. The monoisotopic (exact) mass is 298 g/mol. The Kier molecular flexibility index (Phi) is 4.11. The molecule has 0 aliphatic carbocycles. The van der Waals surface area contributed by atoms with E-state index < -0.39 is 5.97 Å². The first-order valence-electron chi connectivity index (χ1n) is 5.64. The zero-order valence-electron chi connectivity index (χ0n) is 10.5. The first-order valence-corrected chi connectivity index (χ1v) is 7.44. The molecule has 102 valence electrons. The van der Waals surface area contributed by atoms with Gasteiger partial charge in [-0.25, -0.2) is 4.79 Å². The van der Waals surface area contributed by atoms with E-state index in [1.807, 2.05) is 24.5 Å². The number of nitrogens with zero attached hydrogens (tertiary/aromatic N) is 3. The fourth-order valence-electron chi connectivity index (χ4n) is 1.58. The fourth-order valence-corrected chi connectivity index (χ4v) is 3.54. The number of thioether (sulfide) groups is 1. The maximum Gasteiger partial charge on any atom is 0.345 e. The number of carbonyl (C=O) groups is 1. The van der Waals surface area contributed by atoms with Crippen LogP contribution in [-0.2, 0) is 5.75 Å². The van der Waals surface area contributed by atoms with Gasteiger partial charge in [0.25, 0.3) is 0 Å². The largest absolute Gasteiger partial charge is 0.477 e. The lowest BCUT2D eigenvalue weighted by Gasteiger charge is -2.10. The number of hydrogen-bond acceptors (Lipinski definition) is 6. The molecule has 2 aromatic rings. The molecule has 0 aliphatic rings. The standard InChI is InChI=1S/C11H14N4O2S2/c1-6(2)15-10(12)13-14-11(15)18-5-7-3-4-8(19-7)9(16)17/h3-4,6H,5H2,1-2H3,(H2,12,13)(H,16,17). The maximum atomic E-state index is 10.8. The Morgan fingerprint density at radius 2 is 2.26 bits per heavy atom. The molecule has 0 saturated carbocycles. The summed E-state index contributed by atoms with van der Waals surface area (Å²) in [5.41, 5.74) is 5.76. The summed E-state index contributed by atoms with van der Waals surface area (Å²) in [7, 11) is 0. The van der Waals surface area contributed by atoms with Crippen molar-refractivity contribution in [1.82, 2.24) is 14.8 Å². The van der Waals surface area contributed by atoms with Gasteiger partial charge in [-0.3, -0.25) is 4.57 Å². The Labute approximate surface area is 118 Å². The molecule has 19 heavy (non-hydrogen) atoms. The van der Waals surface area contributed by atoms with Crippen LogP contribution in [-0.4, -0.2) is 25.8 Å². The van der Waals surface area contributed by atoms with Crippen LogP contribution in [0.3, 0.4) is 0 Å². The molecule has 0 saturated heterocycles. The van der Waals surface area contributed by atoms with Gasteiger partial charge in [0.2, 0.25) is 5.95 Å². The van der Waals surface area contributed by atoms with Gasteiger partial charge in [0.1, 0.15) is 4.88 Å². The molecular weight excluding hydrogens is 284 g/mol. The van der Waals surface area contributed by atoms with Gasteiger partial charge < -0.3 is 10.8 Å². The van der Waals surface area contributed by atoms with Gasteiger partial charge in [-0.05, 0) is 26.0 Å². The highest BCUT2D eigenvalue weighted by atomic mass is 32.2. The van der Waals surface area contributed by atoms with Crippen LogP contribution in [0.2, 0.25) is 0 Å². The molecule has 0 aliphatic heterocycles. The molecule has 0 amide bonds. The molecule has 0 unspecified atom stereocenters. The van der Waals surface area contributed by atoms with Crippen LogP contribution in [0.1, 0.15) is 34.4 Å². The van der Waals surface area contributed by atoms with E-state index in [-0.39, 0.29) is 6.04 Å². The lowest BCUT2D eigenvalue weighted by atomic mass is 10.4. The Hall–Kier alpha value is -1.54. The maximum absolute atomic E-state index is 10.8. The molecule has 3 N–H and O–H groups in total. The molecule has 0 radical (unpaired) electrons. The third-order valence-electron chi connectivity index (χ3n) is 2.42. The zero-order valence-corrected chi connectivity index (χ0v) is 12.2. The highest BCUT2D eigenvalue weighted by Gasteiger charge is 2.14. The summed E-state index contributed by atoms with van der Waals surface area (Å²) in [5.74, 6) is 0.161. The number of hydrogen-bond donors (Lipinski definition) is 2. The Bertz CT molecular complexity index is 591. The van der Waals surface area contributed by atoms with Crippen LogP contribution in [0.5, 0.6) is 0 Å². The van der Waals surface area contributed by atoms with Crippen molar-refractivity contribution >= 4 is 35.0 Å². The summed E-state index contributed by atoms with van der Waals surface area (Å²) in [6.07, 6.45) is 0. The molecule has 6 nitrogen and oxygen atoms in total. The molecule has 2 heterocycles. The van der Waals surface area contributed by atoms with E-state index >= 15 is 0 Å². The minimum Gasteiger partial charge on any atom is -0.477 e. The molecule has 0 atom stereocenters. The van der Waals surface area contributed by atoms with E-state index in [4.69, 9.17) is 10.8 Å². The third-order valence-corrected chi connectivity index (χ3v) is 4.67. The van der Waals surface area contributed by atoms with Crippen LogP contribution < -0.4 is 5.73 Å². The first-order chi connectivity index (χ1) is 8.99. The summed E-state index contributed by atoms with van der Waals surface area (Å²) in [5, 5.41) is 17.5. The van der Waals surface area contributed by atoms with Crippen molar-refractivity contribution in [1.29, 1.82) is 0 Å². The number of rotatable bonds is 5. The molecular formula is C11H14N4O2S2. The van der Waals surface area contributed by atoms with Gasteiger partial charge in [0, 0.05) is 16.7 Å². The Morgan fingerprint density at radius 1 is 1.53 bits per heavy atom. The third kappa shape index (κ3) is 3.07. The average Bonchev–Trinajstić information content (AvgIpc) is 2.92. The van der Waals surface area contributed by atoms with E-state index in [1.54, 1.807) is 6.07 Å². The molecule has 0 aromatic carbocycles. The van der Waals surface area contributed by atoms with Crippen molar-refractivity contribution < 1.29 is 9.90 Å². The van der Waals surface area contributed by atoms with E-state index in [2.05, 4.69) is 10.2 Å². The Morgan fingerprint density at radius 3 is 2.84 bits per heavy atom. The average molecular weight is 298 g/mol. The number of anilines is 1. The summed E-state index contributed by atoms with van der Waals surface area (Å²) in [4.78, 5) is 12.1. The highest BCUT2D eigenvalue weighted by molar-refractivity contribution is 7.98. The van der Waals surface area contributed by atoms with Gasteiger partial charge in [-0.15, -0.1) is 21.5 Å². The van der Waals surface area contributed by atoms with Crippen LogP contribution in [0, 0.1) is 0 Å². The number of carboxylic acid groups (broad SMARTS) is 1. The second kappa shape index (κ2) is 5.62. The topological polar surface area (TPSA) is 94.0 Å². The van der Waals surface area contributed by atoms with Crippen LogP contribution in [0.25, 0.3) is 0 Å². The van der Waals surface area contributed by atoms with Crippen LogP contribution in [0.15, 0.2) is 17.3 Å². The summed E-state index contributed by atoms with van der Waals surface area (Å²) >= 11 is 2.77. The quantitative estimate of drug-likeness (QED) is 0.824. The van der Waals surface area contributed by atoms with Crippen molar-refractivity contribution in [3.63, 3.8) is 0 Å². The van der Waals surface area contributed by atoms with E-state index in [1.165, 1.54) is 23.1 Å². The summed E-state index contributed by atoms with van der Waals surface area (Å²) in [6, 6.07) is 3.63. The predicted octanol–water partition coefficient (Wildman–Crippen LogP) is 2.49. The second-order valence-electron chi connectivity index (χ2n) is 4.16. The molecule has 0 bridgehead atoms. The van der Waals surface area contributed by atoms with Gasteiger partial charge in [0.15, 0.2) is 5.16 Å². The number of aromatic nitrogens is 3. The predicted molar refractivity (Wildman–Crippen MR) is 75.7 cm³/mol. The number of thiophene rings is 1. The van der Waals surface area contributed by atoms with Crippen molar-refractivity contribution in [3.8, 4) is 0 Å². The minimum absolute atomic E-state index is 0.190. The summed E-state index contributed by atoms with van der Waals surface area (Å²) in [6.45, 7) is 4.02. The molecule has 2 rings (SSSR count). The smallest absolute Gasteiger partial charge is 0.345 e. The lowest BCUT2D eigenvalue weighted by Crippen LogP contribution is -2.06. The van der Waals surface area contributed by atoms with Crippen molar-refractivity contribution in [3.05, 3.63) is 21.9 Å². The number of nitrogen functional groups attached to an aromatic ring is 1.